The third kappa shape index (κ3) is 14.1. The van der Waals surface area contributed by atoms with E-state index in [0.29, 0.717) is 0 Å². The summed E-state index contributed by atoms with van der Waals surface area (Å²) in [4.78, 5) is 17.0. The van der Waals surface area contributed by atoms with Gasteiger partial charge in [0.2, 0.25) is 0 Å². The van der Waals surface area contributed by atoms with Crippen LogP contribution in [-0.4, -0.2) is 15.0 Å². The van der Waals surface area contributed by atoms with Crippen LogP contribution in [0.4, 0.5) is 0 Å². The topological polar surface area (TPSA) is 38.7 Å². The highest BCUT2D eigenvalue weighted by atomic mass is 79.9. The van der Waals surface area contributed by atoms with Crippen molar-refractivity contribution in [2.24, 2.45) is 0 Å². The second kappa shape index (κ2) is 20.7. The lowest BCUT2D eigenvalue weighted by Crippen LogP contribution is -1.78. The van der Waals surface area contributed by atoms with E-state index >= 15 is 0 Å². The molecule has 0 unspecified atom stereocenters. The number of halogens is 1. The Morgan fingerprint density at radius 2 is 1.08 bits per heavy atom. The van der Waals surface area contributed by atoms with Crippen LogP contribution in [0.15, 0.2) is 101 Å². The van der Waals surface area contributed by atoms with Crippen molar-refractivity contribution in [1.29, 1.82) is 0 Å². The molecule has 0 saturated carbocycles. The fourth-order valence-corrected chi connectivity index (χ4v) is 6.67. The average Bonchev–Trinajstić information content (AvgIpc) is 3.76. The maximum atomic E-state index is 4.54. The van der Waals surface area contributed by atoms with Gasteiger partial charge in [0.05, 0.1) is 22.6 Å². The van der Waals surface area contributed by atoms with Gasteiger partial charge < -0.3 is 0 Å². The molecule has 7 heteroatoms. The fourth-order valence-electron chi connectivity index (χ4n) is 3.99. The number of aryl methyl sites for hydroxylation is 10. The van der Waals surface area contributed by atoms with Crippen molar-refractivity contribution in [2.75, 3.05) is 0 Å². The monoisotopic (exact) mass is 779 g/mol. The van der Waals surface area contributed by atoms with Gasteiger partial charge in [-0.1, -0.05) is 105 Å². The molecule has 0 atom stereocenters. The summed E-state index contributed by atoms with van der Waals surface area (Å²) in [6.45, 7) is 20.8. The Morgan fingerprint density at radius 3 is 1.44 bits per heavy atom. The zero-order valence-electron chi connectivity index (χ0n) is 30.7. The molecular formula is C43H46BrN3S3. The number of hydrogen-bond acceptors (Lipinski definition) is 6. The van der Waals surface area contributed by atoms with Crippen LogP contribution in [0.3, 0.4) is 0 Å². The van der Waals surface area contributed by atoms with E-state index in [4.69, 9.17) is 0 Å². The summed E-state index contributed by atoms with van der Waals surface area (Å²) in [7, 11) is 0. The van der Waals surface area contributed by atoms with Crippen LogP contribution < -0.4 is 0 Å². The quantitative estimate of drug-likeness (QED) is 0.175. The molecule has 0 N–H and O–H groups in total. The third-order valence-corrected chi connectivity index (χ3v) is 11.1. The molecule has 0 aliphatic heterocycles. The van der Waals surface area contributed by atoms with Crippen LogP contribution in [0.1, 0.15) is 54.0 Å². The highest BCUT2D eigenvalue weighted by Crippen LogP contribution is 2.28. The zero-order chi connectivity index (χ0) is 36.6. The number of hydrogen-bond donors (Lipinski definition) is 0. The zero-order valence-corrected chi connectivity index (χ0v) is 34.7. The van der Waals surface area contributed by atoms with E-state index in [0.717, 1.165) is 31.6 Å². The highest BCUT2D eigenvalue weighted by Gasteiger charge is 2.06. The van der Waals surface area contributed by atoms with Crippen LogP contribution in [0.5, 0.6) is 0 Å². The minimum Gasteiger partial charge on any atom is -0.250 e. The first-order valence-corrected chi connectivity index (χ1v) is 19.6. The smallest absolute Gasteiger partial charge is 0.123 e. The lowest BCUT2D eigenvalue weighted by molar-refractivity contribution is 1.23. The first-order chi connectivity index (χ1) is 23.8. The van der Waals surface area contributed by atoms with Gasteiger partial charge in [-0.2, -0.15) is 0 Å². The normalized spacial score (nSPS) is 9.74. The molecule has 7 rings (SSSR count). The molecule has 3 heterocycles. The second-order valence-corrected chi connectivity index (χ2v) is 16.2. The van der Waals surface area contributed by atoms with E-state index < -0.39 is 0 Å². The lowest BCUT2D eigenvalue weighted by Gasteiger charge is -1.96. The van der Waals surface area contributed by atoms with Gasteiger partial charge >= 0.3 is 0 Å². The van der Waals surface area contributed by atoms with Crippen LogP contribution >= 0.6 is 49.9 Å². The van der Waals surface area contributed by atoms with E-state index in [1.165, 1.54) is 48.0 Å². The lowest BCUT2D eigenvalue weighted by atomic mass is 10.1. The van der Waals surface area contributed by atoms with Crippen LogP contribution in [0.25, 0.3) is 21.1 Å². The standard InChI is InChI=1S/2C12H13NS.C7H7Br.C7H6.C5H7NS/c1-8-4-6-11(7-5-8)12-13-9(2)10(3)14-12;1-8-5-4-6-11(7-8)12-13-9(2)10(3)14-12;1-6-2-4-7(8)5-3-6;1-7-5-3-2-4-6-7;1-4-5(2)7-3-6-4/h2*4-7H,1-3H3;2-5H,1H3;3,5-6H,1H3;3H,1-2H3. The van der Waals surface area contributed by atoms with Crippen LogP contribution in [0, 0.1) is 81.4 Å². The Labute approximate surface area is 320 Å². The van der Waals surface area contributed by atoms with Gasteiger partial charge in [0.1, 0.15) is 10.0 Å². The molecule has 0 aliphatic carbocycles. The summed E-state index contributed by atoms with van der Waals surface area (Å²) in [5, 5.41) is 2.25. The first kappa shape index (κ1) is 40.5. The SMILES string of the molecule is Cc1cc#ccc1.Cc1ccc(-c2nc(C)c(C)s2)cc1.Cc1ccc(Br)cc1.Cc1cccc(-c2nc(C)c(C)s2)c1.Cc1ncsc1C. The largest absolute Gasteiger partial charge is 0.250 e. The molecule has 0 saturated heterocycles. The Morgan fingerprint density at radius 1 is 0.520 bits per heavy atom. The van der Waals surface area contributed by atoms with E-state index in [1.807, 2.05) is 49.7 Å². The number of nitrogens with zero attached hydrogens (tertiary/aromatic N) is 3. The number of benzene rings is 3. The summed E-state index contributed by atoms with van der Waals surface area (Å²) in [5.41, 5.74) is 12.9. The fraction of sp³-hybridized carbons (Fsp3) is 0.233. The maximum Gasteiger partial charge on any atom is 0.123 e. The van der Waals surface area contributed by atoms with Crippen molar-refractivity contribution in [1.82, 2.24) is 15.0 Å². The third-order valence-electron chi connectivity index (χ3n) is 7.43. The summed E-state index contributed by atoms with van der Waals surface area (Å²) >= 11 is 8.57. The summed E-state index contributed by atoms with van der Waals surface area (Å²) in [5.74, 6) is 0. The molecule has 4 aromatic carbocycles. The molecular weight excluding hydrogens is 735 g/mol. The van der Waals surface area contributed by atoms with Gasteiger partial charge in [-0.3, -0.25) is 0 Å². The van der Waals surface area contributed by atoms with Crippen molar-refractivity contribution in [3.63, 3.8) is 0 Å². The molecule has 0 amide bonds. The van der Waals surface area contributed by atoms with E-state index in [-0.39, 0.29) is 0 Å². The minimum atomic E-state index is 1.13. The Hall–Kier alpha value is -3.93. The van der Waals surface area contributed by atoms with Gasteiger partial charge in [-0.15, -0.1) is 34.0 Å². The van der Waals surface area contributed by atoms with Gasteiger partial charge in [0.25, 0.3) is 0 Å². The summed E-state index contributed by atoms with van der Waals surface area (Å²) in [6.07, 6.45) is 0. The summed E-state index contributed by atoms with van der Waals surface area (Å²) in [6, 6.07) is 36.6. The van der Waals surface area contributed by atoms with Gasteiger partial charge in [-0.25, -0.2) is 15.0 Å². The predicted molar refractivity (Wildman–Crippen MR) is 223 cm³/mol. The van der Waals surface area contributed by atoms with Crippen LogP contribution in [-0.2, 0) is 0 Å². The van der Waals surface area contributed by atoms with Gasteiger partial charge in [0, 0.05) is 30.2 Å². The second-order valence-electron chi connectivity index (χ2n) is 11.9. The van der Waals surface area contributed by atoms with E-state index in [1.54, 1.807) is 34.0 Å². The Balaban J connectivity index is 0.000000175. The van der Waals surface area contributed by atoms with Gasteiger partial charge in [0.15, 0.2) is 0 Å². The maximum absolute atomic E-state index is 4.54. The molecule has 0 fully saturated rings. The minimum absolute atomic E-state index is 1.13. The molecule has 3 nitrogen and oxygen atoms in total. The number of rotatable bonds is 2. The summed E-state index contributed by atoms with van der Waals surface area (Å²) < 4.78 is 1.14. The first-order valence-electron chi connectivity index (χ1n) is 16.3. The molecule has 50 heavy (non-hydrogen) atoms. The number of thiazole rings is 3. The Kier molecular flexibility index (Phi) is 16.7. The molecule has 258 valence electrons. The number of aromatic nitrogens is 3. The van der Waals surface area contributed by atoms with Crippen LogP contribution in [0.2, 0.25) is 0 Å². The van der Waals surface area contributed by atoms with E-state index in [9.17, 15) is 0 Å². The molecule has 7 aromatic rings. The van der Waals surface area contributed by atoms with Crippen molar-refractivity contribution in [3.05, 3.63) is 167 Å². The van der Waals surface area contributed by atoms with Gasteiger partial charge in [-0.05, 0) is 105 Å². The average molecular weight is 781 g/mol. The molecule has 3 aromatic heterocycles. The molecule has 0 spiro atoms. The Bertz CT molecular complexity index is 1930. The van der Waals surface area contributed by atoms with Crippen molar-refractivity contribution < 1.29 is 0 Å². The molecule has 0 radical (unpaired) electrons. The molecule has 0 aliphatic rings. The predicted octanol–water partition coefficient (Wildman–Crippen LogP) is 13.6. The van der Waals surface area contributed by atoms with Crippen molar-refractivity contribution in [2.45, 2.75) is 69.2 Å². The van der Waals surface area contributed by atoms with Crippen molar-refractivity contribution >= 4 is 49.9 Å². The van der Waals surface area contributed by atoms with E-state index in [2.05, 4.69) is 159 Å². The van der Waals surface area contributed by atoms with Crippen molar-refractivity contribution in [3.8, 4) is 21.1 Å². The molecule has 0 bridgehead atoms. The highest BCUT2D eigenvalue weighted by molar-refractivity contribution is 9.10.